The molecule has 1 amide bonds. The number of benzene rings is 3. The minimum Gasteiger partial charge on any atom is -0.493 e. The van der Waals surface area contributed by atoms with Crippen LogP contribution in [-0.4, -0.2) is 18.5 Å². The van der Waals surface area contributed by atoms with Gasteiger partial charge in [0.05, 0.1) is 15.6 Å². The van der Waals surface area contributed by atoms with Crippen molar-refractivity contribution in [3.63, 3.8) is 0 Å². The maximum atomic E-state index is 12.6. The number of ether oxygens (including phenoxy) is 2. The van der Waals surface area contributed by atoms with Gasteiger partial charge in [-0.25, -0.2) is 0 Å². The van der Waals surface area contributed by atoms with Crippen LogP contribution in [0.3, 0.4) is 0 Å². The zero-order chi connectivity index (χ0) is 24.1. The third-order valence-electron chi connectivity index (χ3n) is 5.41. The fourth-order valence-corrected chi connectivity index (χ4v) is 5.39. The molecular weight excluding hydrogens is 559 g/mol. The highest BCUT2D eigenvalue weighted by Crippen LogP contribution is 2.37. The fraction of sp³-hybridized carbons (Fsp3) is 0.222. The molecule has 0 radical (unpaired) electrons. The minimum absolute atomic E-state index is 0.0959. The first kappa shape index (κ1) is 24.5. The Bertz CT molecular complexity index is 1210. The van der Waals surface area contributed by atoms with Gasteiger partial charge in [0.2, 0.25) is 0 Å². The molecule has 3 aromatic rings. The monoisotopic (exact) mass is 586 g/mol. The molecule has 1 heterocycles. The van der Waals surface area contributed by atoms with Gasteiger partial charge < -0.3 is 20.1 Å². The van der Waals surface area contributed by atoms with E-state index in [0.717, 1.165) is 26.8 Å². The minimum atomic E-state index is -0.218. The van der Waals surface area contributed by atoms with Crippen molar-refractivity contribution >= 4 is 52.0 Å². The summed E-state index contributed by atoms with van der Waals surface area (Å²) in [4.78, 5) is 13.2. The van der Waals surface area contributed by atoms with Crippen LogP contribution in [0.15, 0.2) is 65.6 Å². The Morgan fingerprint density at radius 3 is 2.62 bits per heavy atom. The second-order valence-electron chi connectivity index (χ2n) is 7.99. The molecule has 1 aliphatic heterocycles. The zero-order valence-electron chi connectivity index (χ0n) is 19.4. The summed E-state index contributed by atoms with van der Waals surface area (Å²) in [5.74, 6) is 1.24. The maximum absolute atomic E-state index is 12.6. The number of carbonyl (C=O) groups excluding carboxylic acids is 1. The summed E-state index contributed by atoms with van der Waals surface area (Å²) in [7, 11) is 1.63. The number of methoxy groups -OCH3 is 1. The van der Waals surface area contributed by atoms with E-state index >= 15 is 0 Å². The fourth-order valence-electron chi connectivity index (χ4n) is 3.63. The van der Waals surface area contributed by atoms with Gasteiger partial charge in [-0.15, -0.1) is 0 Å². The topological polar surface area (TPSA) is 59.6 Å². The van der Waals surface area contributed by atoms with E-state index in [-0.39, 0.29) is 11.4 Å². The average Bonchev–Trinajstić information content (AvgIpc) is 3.16. The summed E-state index contributed by atoms with van der Waals surface area (Å²) < 4.78 is 12.6. The maximum Gasteiger partial charge on any atom is 0.260 e. The average molecular weight is 586 g/mol. The number of rotatable bonds is 8. The molecule has 176 valence electrons. The van der Waals surface area contributed by atoms with Crippen molar-refractivity contribution in [1.29, 1.82) is 0 Å². The third-order valence-corrected chi connectivity index (χ3v) is 7.24. The van der Waals surface area contributed by atoms with E-state index in [1.165, 1.54) is 22.9 Å². The number of hydrogen-bond donors (Lipinski definition) is 2. The van der Waals surface area contributed by atoms with Crippen molar-refractivity contribution in [2.45, 2.75) is 32.4 Å². The second-order valence-corrected chi connectivity index (χ2v) is 10.3. The van der Waals surface area contributed by atoms with E-state index in [1.54, 1.807) is 7.11 Å². The highest BCUT2D eigenvalue weighted by molar-refractivity contribution is 14.1. The highest BCUT2D eigenvalue weighted by Gasteiger charge is 2.27. The van der Waals surface area contributed by atoms with Crippen molar-refractivity contribution in [1.82, 2.24) is 5.32 Å². The predicted octanol–water partition coefficient (Wildman–Crippen LogP) is 6.35. The van der Waals surface area contributed by atoms with Crippen LogP contribution in [0.4, 0.5) is 5.69 Å². The lowest BCUT2D eigenvalue weighted by Gasteiger charge is -2.14. The van der Waals surface area contributed by atoms with Gasteiger partial charge in [-0.3, -0.25) is 4.79 Å². The summed E-state index contributed by atoms with van der Waals surface area (Å²) in [5.41, 5.74) is 5.22. The Kier molecular flexibility index (Phi) is 8.05. The number of aryl methyl sites for hydroxylation is 2. The second kappa shape index (κ2) is 11.2. The number of amides is 1. The Labute approximate surface area is 218 Å². The molecule has 0 aromatic heterocycles. The van der Waals surface area contributed by atoms with Crippen molar-refractivity contribution in [3.05, 3.63) is 91.4 Å². The van der Waals surface area contributed by atoms with Gasteiger partial charge in [0.25, 0.3) is 5.91 Å². The molecule has 1 fully saturated rings. The summed E-state index contributed by atoms with van der Waals surface area (Å²) in [6, 6.07) is 20.4. The molecule has 0 bridgehead atoms. The summed E-state index contributed by atoms with van der Waals surface area (Å²) in [5, 5.41) is 6.35. The molecule has 0 saturated carbocycles. The van der Waals surface area contributed by atoms with Crippen LogP contribution >= 0.6 is 34.4 Å². The molecule has 0 unspecified atom stereocenters. The van der Waals surface area contributed by atoms with E-state index in [2.05, 4.69) is 71.3 Å². The van der Waals surface area contributed by atoms with Gasteiger partial charge in [0.1, 0.15) is 6.61 Å². The van der Waals surface area contributed by atoms with Crippen molar-refractivity contribution in [2.24, 2.45) is 0 Å². The largest absolute Gasteiger partial charge is 0.493 e. The van der Waals surface area contributed by atoms with Crippen molar-refractivity contribution < 1.29 is 14.3 Å². The first-order valence-corrected chi connectivity index (χ1v) is 13.0. The van der Waals surface area contributed by atoms with Crippen molar-refractivity contribution in [2.75, 3.05) is 12.4 Å². The third kappa shape index (κ3) is 6.07. The lowest BCUT2D eigenvalue weighted by atomic mass is 10.1. The molecular formula is C27H27IN2O3S. The van der Waals surface area contributed by atoms with E-state index in [1.807, 2.05) is 42.5 Å². The Morgan fingerprint density at radius 2 is 1.91 bits per heavy atom. The van der Waals surface area contributed by atoms with Gasteiger partial charge in [0, 0.05) is 5.69 Å². The lowest BCUT2D eigenvalue weighted by Crippen LogP contribution is -2.30. The van der Waals surface area contributed by atoms with Crippen LogP contribution in [0.1, 0.15) is 29.2 Å². The summed E-state index contributed by atoms with van der Waals surface area (Å²) in [6.45, 7) is 4.65. The normalized spacial score (nSPS) is 16.4. The summed E-state index contributed by atoms with van der Waals surface area (Å²) >= 11 is 3.71. The van der Waals surface area contributed by atoms with Crippen LogP contribution < -0.4 is 20.1 Å². The van der Waals surface area contributed by atoms with Crippen LogP contribution in [-0.2, 0) is 17.8 Å². The molecule has 5 nitrogen and oxygen atoms in total. The molecule has 3 aromatic carbocycles. The smallest absolute Gasteiger partial charge is 0.260 e. The van der Waals surface area contributed by atoms with E-state index < -0.39 is 0 Å². The number of anilines is 1. The molecule has 4 rings (SSSR count). The van der Waals surface area contributed by atoms with Gasteiger partial charge >= 0.3 is 0 Å². The Balaban J connectivity index is 1.47. The van der Waals surface area contributed by atoms with Crippen molar-refractivity contribution in [3.8, 4) is 11.5 Å². The van der Waals surface area contributed by atoms with Crippen LogP contribution in [0.5, 0.6) is 11.5 Å². The first-order valence-electron chi connectivity index (χ1n) is 11.1. The molecule has 1 saturated heterocycles. The number of nitrogens with one attached hydrogen (secondary N) is 2. The zero-order valence-corrected chi connectivity index (χ0v) is 22.3. The molecule has 1 aliphatic rings. The lowest BCUT2D eigenvalue weighted by molar-refractivity contribution is -0.116. The number of thioether (sulfide) groups is 1. The van der Waals surface area contributed by atoms with Crippen LogP contribution in [0.2, 0.25) is 0 Å². The molecule has 34 heavy (non-hydrogen) atoms. The van der Waals surface area contributed by atoms with E-state index in [9.17, 15) is 4.79 Å². The molecule has 7 heteroatoms. The van der Waals surface area contributed by atoms with Crippen LogP contribution in [0, 0.1) is 10.5 Å². The van der Waals surface area contributed by atoms with E-state index in [4.69, 9.17) is 9.47 Å². The number of carbonyl (C=O) groups is 1. The van der Waals surface area contributed by atoms with Gasteiger partial charge in [-0.1, -0.05) is 60.6 Å². The molecule has 1 atom stereocenters. The SMILES string of the molecule is CCc1ccc(N[C@@H]2NC(=O)/C(=C/c3cc(I)c(OCc4cccc(C)c4)c(OC)c3)S2)cc1. The number of hydrogen-bond acceptors (Lipinski definition) is 5. The highest BCUT2D eigenvalue weighted by atomic mass is 127. The van der Waals surface area contributed by atoms with Gasteiger partial charge in [-0.2, -0.15) is 0 Å². The first-order chi connectivity index (χ1) is 16.4. The molecule has 0 spiro atoms. The Hall–Kier alpha value is -2.65. The quantitative estimate of drug-likeness (QED) is 0.238. The summed E-state index contributed by atoms with van der Waals surface area (Å²) in [6.07, 6.45) is 2.89. The molecule has 0 aliphatic carbocycles. The standard InChI is InChI=1S/C27H27IN2O3S/c1-4-18-8-10-21(11-9-18)29-27-30-26(31)24(34-27)15-20-13-22(28)25(23(14-20)32-3)33-16-19-7-5-6-17(2)12-19/h5-15,27,29H,4,16H2,1-3H3,(H,30,31)/b24-15-/t27-/m1/s1. The molecule has 2 N–H and O–H groups in total. The predicted molar refractivity (Wildman–Crippen MR) is 148 cm³/mol. The van der Waals surface area contributed by atoms with Crippen LogP contribution in [0.25, 0.3) is 6.08 Å². The van der Waals surface area contributed by atoms with E-state index in [0.29, 0.717) is 23.0 Å². The Morgan fingerprint density at radius 1 is 1.12 bits per heavy atom. The number of halogens is 1. The van der Waals surface area contributed by atoms with Gasteiger partial charge in [0.15, 0.2) is 17.0 Å². The van der Waals surface area contributed by atoms with Gasteiger partial charge in [-0.05, 0) is 83.0 Å².